The van der Waals surface area contributed by atoms with Crippen LogP contribution in [0.2, 0.25) is 0 Å². The van der Waals surface area contributed by atoms with Crippen molar-refractivity contribution in [1.29, 1.82) is 0 Å². The first kappa shape index (κ1) is 18.3. The molecular weight excluding hydrogens is 338 g/mol. The number of carbonyl (C=O) groups excluding carboxylic acids is 2. The smallest absolute Gasteiger partial charge is 0.274 e. The Hall–Kier alpha value is -3.47. The average molecular weight is 359 g/mol. The molecule has 5 heteroatoms. The molecule has 136 valence electrons. The zero-order valence-corrected chi connectivity index (χ0v) is 15.5. The average Bonchev–Trinajstić information content (AvgIpc) is 2.64. The van der Waals surface area contributed by atoms with Gasteiger partial charge < -0.3 is 10.6 Å². The van der Waals surface area contributed by atoms with E-state index in [0.29, 0.717) is 11.3 Å². The van der Waals surface area contributed by atoms with Crippen LogP contribution in [0.3, 0.4) is 0 Å². The van der Waals surface area contributed by atoms with E-state index in [1.54, 1.807) is 30.5 Å². The van der Waals surface area contributed by atoms with Crippen LogP contribution in [0.25, 0.3) is 0 Å². The highest BCUT2D eigenvalue weighted by Crippen LogP contribution is 2.20. The molecule has 3 rings (SSSR count). The van der Waals surface area contributed by atoms with Gasteiger partial charge in [-0.15, -0.1) is 0 Å². The molecule has 1 heterocycles. The predicted molar refractivity (Wildman–Crippen MR) is 108 cm³/mol. The van der Waals surface area contributed by atoms with Gasteiger partial charge in [-0.25, -0.2) is 0 Å². The molecule has 1 aromatic heterocycles. The molecule has 27 heavy (non-hydrogen) atoms. The number of carbonyl (C=O) groups is 2. The Bertz CT molecular complexity index is 1010. The molecule has 3 aromatic rings. The van der Waals surface area contributed by atoms with Gasteiger partial charge in [-0.3, -0.25) is 14.6 Å². The SMILES string of the molecule is CC(=O)c1cccc(Nc2ccnc(C(=O)Nc3ccc(C)cc3C)c2)c1. The van der Waals surface area contributed by atoms with Gasteiger partial charge in [-0.05, 0) is 56.7 Å². The first-order valence-electron chi connectivity index (χ1n) is 8.65. The Morgan fingerprint density at radius 3 is 2.44 bits per heavy atom. The Morgan fingerprint density at radius 2 is 1.70 bits per heavy atom. The summed E-state index contributed by atoms with van der Waals surface area (Å²) in [6, 6.07) is 16.5. The fourth-order valence-corrected chi connectivity index (χ4v) is 2.76. The van der Waals surface area contributed by atoms with E-state index in [1.165, 1.54) is 6.92 Å². The third-order valence-corrected chi connectivity index (χ3v) is 4.18. The number of nitrogens with zero attached hydrogens (tertiary/aromatic N) is 1. The van der Waals surface area contributed by atoms with Crippen molar-refractivity contribution in [3.63, 3.8) is 0 Å². The zero-order valence-electron chi connectivity index (χ0n) is 15.5. The number of Topliss-reactive ketones (excluding diaryl/α,β-unsaturated/α-hetero) is 1. The minimum Gasteiger partial charge on any atom is -0.355 e. The fourth-order valence-electron chi connectivity index (χ4n) is 2.76. The molecule has 0 atom stereocenters. The maximum absolute atomic E-state index is 12.6. The van der Waals surface area contributed by atoms with E-state index >= 15 is 0 Å². The predicted octanol–water partition coefficient (Wildman–Crippen LogP) is 4.90. The van der Waals surface area contributed by atoms with Crippen LogP contribution < -0.4 is 10.6 Å². The van der Waals surface area contributed by atoms with Gasteiger partial charge in [0.05, 0.1) is 0 Å². The van der Waals surface area contributed by atoms with Gasteiger partial charge in [0.15, 0.2) is 5.78 Å². The van der Waals surface area contributed by atoms with E-state index in [0.717, 1.165) is 28.2 Å². The van der Waals surface area contributed by atoms with Crippen molar-refractivity contribution in [3.8, 4) is 0 Å². The van der Waals surface area contributed by atoms with Gasteiger partial charge in [0.25, 0.3) is 5.91 Å². The van der Waals surface area contributed by atoms with Crippen LogP contribution in [0.15, 0.2) is 60.8 Å². The molecule has 0 saturated heterocycles. The van der Waals surface area contributed by atoms with Gasteiger partial charge >= 0.3 is 0 Å². The highest BCUT2D eigenvalue weighted by Gasteiger charge is 2.10. The van der Waals surface area contributed by atoms with E-state index in [9.17, 15) is 9.59 Å². The summed E-state index contributed by atoms with van der Waals surface area (Å²) in [6.07, 6.45) is 1.58. The number of hydrogen-bond donors (Lipinski definition) is 2. The molecular formula is C22H21N3O2. The van der Waals surface area contributed by atoms with Crippen molar-refractivity contribution in [1.82, 2.24) is 4.98 Å². The number of aryl methyl sites for hydroxylation is 2. The van der Waals surface area contributed by atoms with E-state index in [4.69, 9.17) is 0 Å². The van der Waals surface area contributed by atoms with E-state index in [1.807, 2.05) is 44.2 Å². The first-order valence-corrected chi connectivity index (χ1v) is 8.65. The highest BCUT2D eigenvalue weighted by atomic mass is 16.2. The first-order chi connectivity index (χ1) is 12.9. The van der Waals surface area contributed by atoms with Crippen LogP contribution in [0.1, 0.15) is 38.9 Å². The summed E-state index contributed by atoms with van der Waals surface area (Å²) in [5, 5.41) is 6.10. The number of ketones is 1. The van der Waals surface area contributed by atoms with Gasteiger partial charge in [0, 0.05) is 28.8 Å². The minimum absolute atomic E-state index is 0.00177. The Balaban J connectivity index is 1.77. The van der Waals surface area contributed by atoms with Gasteiger partial charge in [0.2, 0.25) is 0 Å². The van der Waals surface area contributed by atoms with Crippen molar-refractivity contribution in [2.75, 3.05) is 10.6 Å². The molecule has 0 radical (unpaired) electrons. The van der Waals surface area contributed by atoms with Crippen molar-refractivity contribution >= 4 is 28.8 Å². The lowest BCUT2D eigenvalue weighted by Gasteiger charge is -2.11. The summed E-state index contributed by atoms with van der Waals surface area (Å²) in [7, 11) is 0. The third kappa shape index (κ3) is 4.58. The minimum atomic E-state index is -0.275. The molecule has 0 aliphatic heterocycles. The standard InChI is InChI=1S/C22H21N3O2/c1-14-7-8-20(15(2)11-14)25-22(27)21-13-19(9-10-23-21)24-18-6-4-5-17(12-18)16(3)26/h4-13H,1-3H3,(H,23,24)(H,25,27). The van der Waals surface area contributed by atoms with Crippen LogP contribution in [-0.2, 0) is 0 Å². The highest BCUT2D eigenvalue weighted by molar-refractivity contribution is 6.03. The molecule has 0 saturated carbocycles. The van der Waals surface area contributed by atoms with E-state index in [2.05, 4.69) is 15.6 Å². The maximum Gasteiger partial charge on any atom is 0.274 e. The van der Waals surface area contributed by atoms with Crippen LogP contribution >= 0.6 is 0 Å². The van der Waals surface area contributed by atoms with Crippen LogP contribution in [0.4, 0.5) is 17.1 Å². The molecule has 1 amide bonds. The summed E-state index contributed by atoms with van der Waals surface area (Å²) >= 11 is 0. The largest absolute Gasteiger partial charge is 0.355 e. The lowest BCUT2D eigenvalue weighted by molar-refractivity contribution is 0.101. The second kappa shape index (κ2) is 7.83. The zero-order chi connectivity index (χ0) is 19.4. The lowest BCUT2D eigenvalue weighted by Crippen LogP contribution is -2.14. The van der Waals surface area contributed by atoms with Crippen LogP contribution in [0.5, 0.6) is 0 Å². The van der Waals surface area contributed by atoms with Crippen molar-refractivity contribution in [3.05, 3.63) is 83.2 Å². The molecule has 0 aliphatic rings. The Labute approximate surface area is 158 Å². The number of hydrogen-bond acceptors (Lipinski definition) is 4. The number of anilines is 3. The van der Waals surface area contributed by atoms with Crippen LogP contribution in [-0.4, -0.2) is 16.7 Å². The quantitative estimate of drug-likeness (QED) is 0.636. The second-order valence-electron chi connectivity index (χ2n) is 6.46. The van der Waals surface area contributed by atoms with Crippen molar-refractivity contribution in [2.24, 2.45) is 0 Å². The Morgan fingerprint density at radius 1 is 0.926 bits per heavy atom. The molecule has 2 aromatic carbocycles. The fraction of sp³-hybridized carbons (Fsp3) is 0.136. The Kier molecular flexibility index (Phi) is 5.31. The van der Waals surface area contributed by atoms with Gasteiger partial charge in [-0.1, -0.05) is 29.8 Å². The summed E-state index contributed by atoms with van der Waals surface area (Å²) in [5.74, 6) is -0.273. The number of rotatable bonds is 5. The molecule has 0 unspecified atom stereocenters. The summed E-state index contributed by atoms with van der Waals surface area (Å²) in [5.41, 5.74) is 5.33. The van der Waals surface area contributed by atoms with Gasteiger partial charge in [-0.2, -0.15) is 0 Å². The number of pyridine rings is 1. The number of amides is 1. The number of benzene rings is 2. The summed E-state index contributed by atoms with van der Waals surface area (Å²) in [4.78, 5) is 28.2. The molecule has 0 aliphatic carbocycles. The monoisotopic (exact) mass is 359 g/mol. The number of aromatic nitrogens is 1. The summed E-state index contributed by atoms with van der Waals surface area (Å²) in [6.45, 7) is 5.49. The van der Waals surface area contributed by atoms with Crippen LogP contribution in [0, 0.1) is 13.8 Å². The van der Waals surface area contributed by atoms with E-state index in [-0.39, 0.29) is 11.7 Å². The topological polar surface area (TPSA) is 71.1 Å². The second-order valence-corrected chi connectivity index (χ2v) is 6.46. The maximum atomic E-state index is 12.6. The molecule has 5 nitrogen and oxygen atoms in total. The molecule has 2 N–H and O–H groups in total. The normalized spacial score (nSPS) is 10.3. The molecule has 0 bridgehead atoms. The van der Waals surface area contributed by atoms with Crippen molar-refractivity contribution < 1.29 is 9.59 Å². The third-order valence-electron chi connectivity index (χ3n) is 4.18. The van der Waals surface area contributed by atoms with Gasteiger partial charge in [0.1, 0.15) is 5.69 Å². The molecule has 0 fully saturated rings. The van der Waals surface area contributed by atoms with Crippen molar-refractivity contribution in [2.45, 2.75) is 20.8 Å². The van der Waals surface area contributed by atoms with E-state index < -0.39 is 0 Å². The lowest BCUT2D eigenvalue weighted by atomic mass is 10.1. The number of nitrogens with one attached hydrogen (secondary N) is 2. The molecule has 0 spiro atoms. The summed E-state index contributed by atoms with van der Waals surface area (Å²) < 4.78 is 0.